The molecule has 0 radical (unpaired) electrons. The normalized spacial score (nSPS) is 7.60. The van der Waals surface area contributed by atoms with Crippen molar-refractivity contribution in [1.29, 1.82) is 0 Å². The summed E-state index contributed by atoms with van der Waals surface area (Å²) < 4.78 is 4.66. The van der Waals surface area contributed by atoms with Crippen LogP contribution in [-0.2, 0) is 9.53 Å². The van der Waals surface area contributed by atoms with Crippen LogP contribution in [0.2, 0.25) is 0 Å². The second kappa shape index (κ2) is 8.61. The largest absolute Gasteiger partial charge is 1.00 e. The average Bonchev–Trinajstić information content (AvgIpc) is 1.80. The van der Waals surface area contributed by atoms with Crippen LogP contribution in [0.4, 0.5) is 0 Å². The van der Waals surface area contributed by atoms with Gasteiger partial charge >= 0.3 is 18.9 Å². The molecule has 0 rings (SSSR count). The van der Waals surface area contributed by atoms with Crippen molar-refractivity contribution >= 4 is 5.97 Å². The van der Waals surface area contributed by atoms with E-state index in [1.54, 1.807) is 0 Å². The van der Waals surface area contributed by atoms with Gasteiger partial charge in [-0.05, 0) is 12.8 Å². The summed E-state index contributed by atoms with van der Waals surface area (Å²) in [7, 11) is 0. The molecule has 0 aliphatic carbocycles. The van der Waals surface area contributed by atoms with Crippen molar-refractivity contribution in [3.8, 4) is 0 Å². The topological polar surface area (TPSA) is 49.4 Å². The van der Waals surface area contributed by atoms with E-state index in [0.717, 1.165) is 0 Å². The van der Waals surface area contributed by atoms with Crippen LogP contribution in [0.3, 0.4) is 0 Å². The first kappa shape index (κ1) is 12.3. The number of hydrogen-bond acceptors (Lipinski definition) is 3. The molecule has 0 saturated heterocycles. The van der Waals surface area contributed by atoms with E-state index in [4.69, 9.17) is 0 Å². The van der Waals surface area contributed by atoms with Crippen LogP contribution >= 0.6 is 0 Å². The molecule has 0 amide bonds. The van der Waals surface area contributed by atoms with Crippen molar-refractivity contribution < 1.29 is 33.5 Å². The fourth-order valence-corrected chi connectivity index (χ4v) is 0.383. The molecule has 0 spiro atoms. The zero-order valence-corrected chi connectivity index (χ0v) is 6.13. The van der Waals surface area contributed by atoms with Crippen LogP contribution in [-0.4, -0.2) is 12.6 Å². The predicted octanol–water partition coefficient (Wildman–Crippen LogP) is -3.32. The van der Waals surface area contributed by atoms with Crippen molar-refractivity contribution in [3.63, 3.8) is 0 Å². The Balaban J connectivity index is 0. The molecular formula is C6H9LiO3. The molecule has 0 aliphatic rings. The van der Waals surface area contributed by atoms with Gasteiger partial charge in [-0.15, -0.1) is 0 Å². The SMILES string of the molecule is C=COCCCC(=O)[O-].[Li+]. The van der Waals surface area contributed by atoms with E-state index in [-0.39, 0.29) is 25.3 Å². The van der Waals surface area contributed by atoms with Crippen LogP contribution in [0.25, 0.3) is 0 Å². The summed E-state index contributed by atoms with van der Waals surface area (Å²) in [5, 5.41) is 9.77. The Bertz CT molecular complexity index is 103. The fraction of sp³-hybridized carbons (Fsp3) is 0.500. The quantitative estimate of drug-likeness (QED) is 0.226. The maximum atomic E-state index is 9.77. The van der Waals surface area contributed by atoms with Crippen molar-refractivity contribution in [2.24, 2.45) is 0 Å². The van der Waals surface area contributed by atoms with Gasteiger partial charge in [0.2, 0.25) is 0 Å². The molecule has 0 fully saturated rings. The Hall–Kier alpha value is -0.393. The van der Waals surface area contributed by atoms with E-state index < -0.39 is 5.97 Å². The summed E-state index contributed by atoms with van der Waals surface area (Å²) >= 11 is 0. The monoisotopic (exact) mass is 136 g/mol. The van der Waals surface area contributed by atoms with Gasteiger partial charge in [0.15, 0.2) is 0 Å². The van der Waals surface area contributed by atoms with Crippen LogP contribution in [0.1, 0.15) is 12.8 Å². The summed E-state index contributed by atoms with van der Waals surface area (Å²) in [6.45, 7) is 3.69. The molecule has 0 atom stereocenters. The molecule has 52 valence electrons. The van der Waals surface area contributed by atoms with Crippen molar-refractivity contribution in [2.75, 3.05) is 6.61 Å². The Labute approximate surface area is 72.2 Å². The first-order valence-electron chi connectivity index (χ1n) is 2.69. The summed E-state index contributed by atoms with van der Waals surface area (Å²) in [6.07, 6.45) is 1.82. The van der Waals surface area contributed by atoms with E-state index in [1.807, 2.05) is 0 Å². The van der Waals surface area contributed by atoms with Gasteiger partial charge in [-0.2, -0.15) is 0 Å². The van der Waals surface area contributed by atoms with Gasteiger partial charge in [-0.25, -0.2) is 0 Å². The minimum atomic E-state index is -1.04. The summed E-state index contributed by atoms with van der Waals surface area (Å²) in [5.74, 6) is -1.04. The zero-order chi connectivity index (χ0) is 7.11. The Morgan fingerprint density at radius 1 is 1.70 bits per heavy atom. The number of ether oxygens (including phenoxy) is 1. The summed E-state index contributed by atoms with van der Waals surface area (Å²) in [5.41, 5.74) is 0. The third-order valence-corrected chi connectivity index (χ3v) is 0.761. The van der Waals surface area contributed by atoms with Gasteiger partial charge in [0.1, 0.15) is 0 Å². The maximum Gasteiger partial charge on any atom is 1.00 e. The number of rotatable bonds is 5. The van der Waals surface area contributed by atoms with Crippen molar-refractivity contribution in [3.05, 3.63) is 12.8 Å². The molecule has 0 unspecified atom stereocenters. The van der Waals surface area contributed by atoms with E-state index in [9.17, 15) is 9.90 Å². The molecule has 0 aliphatic heterocycles. The number of carboxylic acid groups (broad SMARTS) is 1. The predicted molar refractivity (Wildman–Crippen MR) is 30.4 cm³/mol. The van der Waals surface area contributed by atoms with Gasteiger partial charge in [0.05, 0.1) is 12.9 Å². The fourth-order valence-electron chi connectivity index (χ4n) is 0.383. The molecule has 0 saturated carbocycles. The number of aliphatic carboxylic acids is 1. The minimum Gasteiger partial charge on any atom is -0.550 e. The summed E-state index contributed by atoms with van der Waals surface area (Å²) in [6, 6.07) is 0. The van der Waals surface area contributed by atoms with Gasteiger partial charge in [0, 0.05) is 5.97 Å². The molecule has 3 nitrogen and oxygen atoms in total. The van der Waals surface area contributed by atoms with Gasteiger partial charge in [0.25, 0.3) is 0 Å². The number of carboxylic acids is 1. The third kappa shape index (κ3) is 10.6. The molecule has 0 aromatic carbocycles. The van der Waals surface area contributed by atoms with E-state index in [0.29, 0.717) is 13.0 Å². The number of hydrogen-bond donors (Lipinski definition) is 0. The molecule has 0 aromatic rings. The van der Waals surface area contributed by atoms with E-state index >= 15 is 0 Å². The Morgan fingerprint density at radius 2 is 2.30 bits per heavy atom. The molecule has 0 heterocycles. The third-order valence-electron chi connectivity index (χ3n) is 0.761. The molecule has 4 heteroatoms. The van der Waals surface area contributed by atoms with Crippen LogP contribution in [0, 0.1) is 0 Å². The molecule has 0 N–H and O–H groups in total. The first-order chi connectivity index (χ1) is 4.27. The standard InChI is InChI=1S/C6H10O3.Li/c1-2-9-5-3-4-6(7)8;/h2H,1,3-5H2,(H,7,8);/q;+1/p-1. The summed E-state index contributed by atoms with van der Waals surface area (Å²) in [4.78, 5) is 9.77. The Morgan fingerprint density at radius 3 is 2.70 bits per heavy atom. The maximum absolute atomic E-state index is 9.77. The van der Waals surface area contributed by atoms with Gasteiger partial charge < -0.3 is 14.6 Å². The van der Waals surface area contributed by atoms with E-state index in [2.05, 4.69) is 11.3 Å². The van der Waals surface area contributed by atoms with Crippen molar-refractivity contribution in [2.45, 2.75) is 12.8 Å². The molecular weight excluding hydrogens is 127 g/mol. The van der Waals surface area contributed by atoms with Crippen LogP contribution in [0.15, 0.2) is 12.8 Å². The van der Waals surface area contributed by atoms with Gasteiger partial charge in [-0.1, -0.05) is 6.58 Å². The smallest absolute Gasteiger partial charge is 0.550 e. The Kier molecular flexibility index (Phi) is 10.6. The molecule has 10 heavy (non-hydrogen) atoms. The zero-order valence-electron chi connectivity index (χ0n) is 6.13. The average molecular weight is 136 g/mol. The molecule has 0 aromatic heterocycles. The van der Waals surface area contributed by atoms with Gasteiger partial charge in [-0.3, -0.25) is 0 Å². The van der Waals surface area contributed by atoms with Crippen molar-refractivity contribution in [1.82, 2.24) is 0 Å². The number of carbonyl (C=O) groups excluding carboxylic acids is 1. The minimum absolute atomic E-state index is 0. The van der Waals surface area contributed by atoms with E-state index in [1.165, 1.54) is 6.26 Å². The van der Waals surface area contributed by atoms with Crippen LogP contribution in [0.5, 0.6) is 0 Å². The number of carbonyl (C=O) groups is 1. The molecule has 0 bridgehead atoms. The second-order valence-electron chi connectivity index (χ2n) is 1.51. The second-order valence-corrected chi connectivity index (χ2v) is 1.51. The van der Waals surface area contributed by atoms with Crippen LogP contribution < -0.4 is 24.0 Å². The first-order valence-corrected chi connectivity index (χ1v) is 2.69.